The van der Waals surface area contributed by atoms with E-state index in [2.05, 4.69) is 31.6 Å². The summed E-state index contributed by atoms with van der Waals surface area (Å²) in [6, 6.07) is 13.0. The topological polar surface area (TPSA) is 326 Å². The summed E-state index contributed by atoms with van der Waals surface area (Å²) >= 11 is -1.53. The number of nitrogens with one attached hydrogen (secondary N) is 5. The van der Waals surface area contributed by atoms with Crippen LogP contribution < -0.4 is 41.3 Å². The number of phenols is 1. The number of benzene rings is 2. The van der Waals surface area contributed by atoms with Crippen LogP contribution in [0.15, 0.2) is 57.7 Å². The summed E-state index contributed by atoms with van der Waals surface area (Å²) in [6.07, 6.45) is 1.86. The van der Waals surface area contributed by atoms with E-state index < -0.39 is 22.8 Å². The third-order valence-corrected chi connectivity index (χ3v) is 12.0. The van der Waals surface area contributed by atoms with E-state index in [1.54, 1.807) is 31.2 Å². The van der Waals surface area contributed by atoms with Gasteiger partial charge in [-0.15, -0.1) is 0 Å². The number of amides is 5. The zero-order valence-electron chi connectivity index (χ0n) is 43.4. The van der Waals surface area contributed by atoms with Gasteiger partial charge in [0.2, 0.25) is 17.7 Å². The smallest absolute Gasteiger partial charge is 0.349 e. The monoisotopic (exact) mass is 1120 g/mol. The molecule has 0 aliphatic carbocycles. The summed E-state index contributed by atoms with van der Waals surface area (Å²) in [4.78, 5) is 78.0. The van der Waals surface area contributed by atoms with Crippen molar-refractivity contribution in [3.8, 4) is 11.5 Å². The molecule has 0 aliphatic heterocycles. The minimum absolute atomic E-state index is 0.0834. The molecule has 25 nitrogen and oxygen atoms in total. The first-order chi connectivity index (χ1) is 37.3. The highest BCUT2D eigenvalue weighted by Gasteiger charge is 2.19. The average molecular weight is 1120 g/mol. The quantitative estimate of drug-likeness (QED) is 0.0210. The molecule has 4 aromatic rings. The molecule has 1 unspecified atom stereocenters. The second kappa shape index (κ2) is 37.6. The Hall–Kier alpha value is -6.14. The van der Waals surface area contributed by atoms with E-state index in [0.717, 1.165) is 21.2 Å². The number of aromatic hydroxyl groups is 1. The second-order valence-electron chi connectivity index (χ2n) is 16.6. The standard InChI is InChI=1S/C50H71N7O18S2/c1-36-47(56-50(76-36)55-37(2)58)57(77(65)66)18-12-44(60)51-14-3-19-67-23-27-71-28-24-68-20-4-15-54-48(63)42-33-39-7-10-41(34-43(39)75-49(42)64)74-35-46(62)53-17-22-70-26-30-73-32-31-72-29-25-69-21-13-45(61)52-16-11-38-5-8-40(59)9-6-38/h5-10,33-34,59H,3-4,11-32,35H2,1-2H3,(H,51,60)(H,52,61)(H,53,62)(H,54,63)(H,65,66)(H,55,56,58)/p-1. The lowest BCUT2D eigenvalue weighted by Gasteiger charge is -2.24. The van der Waals surface area contributed by atoms with Crippen LogP contribution in [0.5, 0.6) is 11.5 Å². The molecule has 0 aliphatic rings. The number of fused-ring (bicyclic) bond motifs is 1. The van der Waals surface area contributed by atoms with E-state index >= 15 is 0 Å². The first-order valence-corrected chi connectivity index (χ1v) is 26.9. The fraction of sp³-hybridized carbons (Fsp3) is 0.540. The zero-order chi connectivity index (χ0) is 55.5. The Labute approximate surface area is 452 Å². The number of aryl methyl sites for hydroxylation is 1. The molecule has 4 rings (SSSR count). The maximum Gasteiger partial charge on any atom is 0.349 e. The van der Waals surface area contributed by atoms with Crippen molar-refractivity contribution in [2.45, 2.75) is 46.0 Å². The van der Waals surface area contributed by atoms with Crippen LogP contribution in [0.4, 0.5) is 10.9 Å². The minimum atomic E-state index is -2.66. The minimum Gasteiger partial charge on any atom is -0.755 e. The largest absolute Gasteiger partial charge is 0.755 e. The van der Waals surface area contributed by atoms with Crippen molar-refractivity contribution in [2.75, 3.05) is 141 Å². The number of ether oxygens (including phenoxy) is 8. The number of hydrogen-bond donors (Lipinski definition) is 6. The Balaban J connectivity index is 0.911. The molecule has 426 valence electrons. The van der Waals surface area contributed by atoms with Crippen LogP contribution in [0.25, 0.3) is 11.0 Å². The van der Waals surface area contributed by atoms with Gasteiger partial charge in [-0.1, -0.05) is 23.5 Å². The van der Waals surface area contributed by atoms with Crippen LogP contribution in [0.1, 0.15) is 53.4 Å². The molecular formula is C50H70N7O18S2-. The van der Waals surface area contributed by atoms with Crippen LogP contribution in [-0.2, 0) is 70.0 Å². The molecule has 2 aromatic carbocycles. The van der Waals surface area contributed by atoms with Gasteiger partial charge in [0, 0.05) is 93.3 Å². The number of hydrogen-bond acceptors (Lipinski definition) is 20. The molecule has 0 saturated heterocycles. The van der Waals surface area contributed by atoms with Gasteiger partial charge in [0.1, 0.15) is 22.6 Å². The van der Waals surface area contributed by atoms with Crippen molar-refractivity contribution in [2.24, 2.45) is 0 Å². The fourth-order valence-electron chi connectivity index (χ4n) is 6.61. The van der Waals surface area contributed by atoms with E-state index in [-0.39, 0.29) is 97.2 Å². The number of aromatic nitrogens is 1. The lowest BCUT2D eigenvalue weighted by Crippen LogP contribution is -2.33. The second-order valence-corrected chi connectivity index (χ2v) is 18.6. The summed E-state index contributed by atoms with van der Waals surface area (Å²) in [6.45, 7) is 8.68. The number of thiazole rings is 1. The first-order valence-electron chi connectivity index (χ1n) is 25.0. The van der Waals surface area contributed by atoms with Crippen molar-refractivity contribution in [3.05, 3.63) is 75.0 Å². The van der Waals surface area contributed by atoms with E-state index in [1.165, 1.54) is 19.1 Å². The number of phenolic OH excluding ortho intramolecular Hbond substituents is 1. The molecule has 2 aromatic heterocycles. The van der Waals surface area contributed by atoms with E-state index in [9.17, 15) is 42.6 Å². The Morgan fingerprint density at radius 2 is 1.25 bits per heavy atom. The Kier molecular flexibility index (Phi) is 31.0. The highest BCUT2D eigenvalue weighted by molar-refractivity contribution is 7.80. The summed E-state index contributed by atoms with van der Waals surface area (Å²) in [5, 5.41) is 23.6. The molecule has 5 amide bonds. The highest BCUT2D eigenvalue weighted by atomic mass is 32.2. The summed E-state index contributed by atoms with van der Waals surface area (Å²) in [5.41, 5.74) is 0.217. The highest BCUT2D eigenvalue weighted by Crippen LogP contribution is 2.30. The molecule has 1 atom stereocenters. The van der Waals surface area contributed by atoms with Crippen molar-refractivity contribution in [3.63, 3.8) is 0 Å². The third-order valence-electron chi connectivity index (χ3n) is 10.4. The number of anilines is 2. The Morgan fingerprint density at radius 1 is 0.688 bits per heavy atom. The van der Waals surface area contributed by atoms with Gasteiger partial charge in [0.15, 0.2) is 17.6 Å². The average Bonchev–Trinajstić information content (AvgIpc) is 3.76. The van der Waals surface area contributed by atoms with Crippen LogP contribution in [0, 0.1) is 6.92 Å². The van der Waals surface area contributed by atoms with Crippen LogP contribution in [-0.4, -0.2) is 180 Å². The van der Waals surface area contributed by atoms with Crippen LogP contribution in [0.3, 0.4) is 0 Å². The predicted octanol–water partition coefficient (Wildman–Crippen LogP) is 1.90. The number of carbonyl (C=O) groups excluding carboxylic acids is 5. The van der Waals surface area contributed by atoms with Crippen LogP contribution in [0.2, 0.25) is 0 Å². The molecule has 27 heteroatoms. The molecule has 77 heavy (non-hydrogen) atoms. The zero-order valence-corrected chi connectivity index (χ0v) is 45.0. The number of nitrogens with zero attached hydrogens (tertiary/aromatic N) is 2. The van der Waals surface area contributed by atoms with E-state index in [1.807, 2.05) is 12.1 Å². The molecule has 0 fully saturated rings. The Morgan fingerprint density at radius 3 is 1.87 bits per heavy atom. The van der Waals surface area contributed by atoms with Crippen molar-refractivity contribution in [1.82, 2.24) is 26.3 Å². The lowest BCUT2D eigenvalue weighted by molar-refractivity contribution is -0.123. The summed E-state index contributed by atoms with van der Waals surface area (Å²) in [7, 11) is 0. The van der Waals surface area contributed by atoms with Crippen LogP contribution >= 0.6 is 11.3 Å². The van der Waals surface area contributed by atoms with Gasteiger partial charge in [-0.3, -0.25) is 32.5 Å². The normalized spacial score (nSPS) is 11.5. The SMILES string of the molecule is CC(=O)Nc1nc(N(CCC(=O)NCCCOCCOCCOCCCNC(=O)c2cc3ccc(OCC(=O)NCCOCCOCCOCCOCCC(=O)NCCc4ccc(O)cc4)cc3oc2=O)S(=O)[O-])c(C)s1. The summed E-state index contributed by atoms with van der Waals surface area (Å²) in [5.74, 6) is -1.08. The van der Waals surface area contributed by atoms with Gasteiger partial charge >= 0.3 is 5.63 Å². The van der Waals surface area contributed by atoms with E-state index in [0.29, 0.717) is 134 Å². The maximum absolute atomic E-state index is 12.8. The van der Waals surface area contributed by atoms with Gasteiger partial charge in [-0.2, -0.15) is 0 Å². The fourth-order valence-corrected chi connectivity index (χ4v) is 8.09. The molecule has 0 saturated carbocycles. The predicted molar refractivity (Wildman–Crippen MR) is 283 cm³/mol. The van der Waals surface area contributed by atoms with E-state index in [4.69, 9.17) is 42.3 Å². The molecule has 6 N–H and O–H groups in total. The summed E-state index contributed by atoms with van der Waals surface area (Å²) < 4.78 is 73.9. The van der Waals surface area contributed by atoms with Gasteiger partial charge < -0.3 is 78.6 Å². The van der Waals surface area contributed by atoms with Gasteiger partial charge in [-0.25, -0.2) is 9.78 Å². The molecule has 0 radical (unpaired) electrons. The molecular weight excluding hydrogens is 1050 g/mol. The Bertz CT molecular complexity index is 2500. The van der Waals surface area contributed by atoms with Gasteiger partial charge in [0.05, 0.1) is 79.3 Å². The maximum atomic E-state index is 12.8. The van der Waals surface area contributed by atoms with Crippen molar-refractivity contribution < 1.29 is 80.2 Å². The first kappa shape index (κ1) is 63.4. The molecule has 2 heterocycles. The third kappa shape index (κ3) is 27.1. The number of rotatable bonds is 42. The lowest BCUT2D eigenvalue weighted by atomic mass is 10.1. The van der Waals surface area contributed by atoms with Crippen molar-refractivity contribution in [1.29, 1.82) is 0 Å². The number of carbonyl (C=O) groups is 5. The van der Waals surface area contributed by atoms with Crippen molar-refractivity contribution >= 4 is 74.1 Å². The molecule has 0 bridgehead atoms. The molecule has 0 spiro atoms. The van der Waals surface area contributed by atoms with Gasteiger partial charge in [-0.05, 0) is 62.1 Å². The van der Waals surface area contributed by atoms with Gasteiger partial charge in [0.25, 0.3) is 11.8 Å².